The molecule has 0 nitrogen and oxygen atoms in total. The van der Waals surface area contributed by atoms with Gasteiger partial charge >= 0.3 is 0 Å². The van der Waals surface area contributed by atoms with Gasteiger partial charge < -0.3 is 0 Å². The lowest BCUT2D eigenvalue weighted by molar-refractivity contribution is 0.497. The summed E-state index contributed by atoms with van der Waals surface area (Å²) >= 11 is 1.61. The maximum absolute atomic E-state index is 11.6. The third-order valence-corrected chi connectivity index (χ3v) is 1.86. The molecule has 0 atom stereocenters. The lowest BCUT2D eigenvalue weighted by Crippen LogP contribution is -1.77. The third-order valence-electron chi connectivity index (χ3n) is 0.921. The van der Waals surface area contributed by atoms with Crippen molar-refractivity contribution >= 4 is 11.3 Å². The van der Waals surface area contributed by atoms with Crippen LogP contribution in [-0.4, -0.2) is 6.67 Å². The van der Waals surface area contributed by atoms with E-state index in [1.54, 1.807) is 11.3 Å². The van der Waals surface area contributed by atoms with E-state index in [2.05, 4.69) is 0 Å². The molecule has 0 amide bonds. The van der Waals surface area contributed by atoms with Gasteiger partial charge in [-0.2, -0.15) is 0 Å². The average molecular weight is 130 g/mol. The Morgan fingerprint density at radius 2 is 2.50 bits per heavy atom. The molecule has 1 aromatic rings. The van der Waals surface area contributed by atoms with E-state index < -0.39 is 0 Å². The Balaban J connectivity index is 2.50. The summed E-state index contributed by atoms with van der Waals surface area (Å²) in [6.07, 6.45) is 0.581. The lowest BCUT2D eigenvalue weighted by atomic mass is 10.4. The summed E-state index contributed by atoms with van der Waals surface area (Å²) in [5.74, 6) is 0. The van der Waals surface area contributed by atoms with Gasteiger partial charge in [-0.1, -0.05) is 6.07 Å². The monoisotopic (exact) mass is 130 g/mol. The first-order chi connectivity index (χ1) is 3.93. The minimum Gasteiger partial charge on any atom is -0.251 e. The second-order valence-corrected chi connectivity index (χ2v) is 2.55. The molecule has 0 radical (unpaired) electrons. The van der Waals surface area contributed by atoms with E-state index in [1.807, 2.05) is 17.5 Å². The van der Waals surface area contributed by atoms with E-state index in [0.717, 1.165) is 4.88 Å². The summed E-state index contributed by atoms with van der Waals surface area (Å²) in [6, 6.07) is 3.89. The zero-order valence-corrected chi connectivity index (χ0v) is 5.25. The van der Waals surface area contributed by atoms with Crippen LogP contribution in [0.1, 0.15) is 4.88 Å². The van der Waals surface area contributed by atoms with Crippen molar-refractivity contribution < 1.29 is 4.39 Å². The molecular weight excluding hydrogens is 123 g/mol. The summed E-state index contributed by atoms with van der Waals surface area (Å²) in [6.45, 7) is -0.236. The molecule has 1 rings (SSSR count). The summed E-state index contributed by atoms with van der Waals surface area (Å²) in [5.41, 5.74) is 0. The number of alkyl halides is 1. The Labute approximate surface area is 52.0 Å². The van der Waals surface area contributed by atoms with Gasteiger partial charge in [0, 0.05) is 11.3 Å². The molecule has 0 unspecified atom stereocenters. The molecule has 0 aliphatic heterocycles. The molecule has 0 aromatic carbocycles. The SMILES string of the molecule is FCCc1cccs1. The van der Waals surface area contributed by atoms with Gasteiger partial charge in [-0.05, 0) is 11.4 Å². The van der Waals surface area contributed by atoms with Crippen LogP contribution in [0.2, 0.25) is 0 Å². The second kappa shape index (κ2) is 2.82. The van der Waals surface area contributed by atoms with Crippen LogP contribution in [0, 0.1) is 0 Å². The van der Waals surface area contributed by atoms with Crippen molar-refractivity contribution in [3.05, 3.63) is 22.4 Å². The van der Waals surface area contributed by atoms with E-state index >= 15 is 0 Å². The predicted molar refractivity (Wildman–Crippen MR) is 34.0 cm³/mol. The minimum atomic E-state index is -0.236. The van der Waals surface area contributed by atoms with Gasteiger partial charge in [0.25, 0.3) is 0 Å². The van der Waals surface area contributed by atoms with Crippen LogP contribution in [-0.2, 0) is 6.42 Å². The Morgan fingerprint density at radius 1 is 1.62 bits per heavy atom. The van der Waals surface area contributed by atoms with Gasteiger partial charge in [-0.25, -0.2) is 0 Å². The van der Waals surface area contributed by atoms with Crippen molar-refractivity contribution in [3.63, 3.8) is 0 Å². The Hall–Kier alpha value is -0.370. The molecule has 0 aliphatic carbocycles. The number of hydrogen-bond acceptors (Lipinski definition) is 1. The average Bonchev–Trinajstić information content (AvgIpc) is 2.19. The van der Waals surface area contributed by atoms with Crippen LogP contribution in [0.5, 0.6) is 0 Å². The van der Waals surface area contributed by atoms with E-state index in [9.17, 15) is 4.39 Å². The highest BCUT2D eigenvalue weighted by atomic mass is 32.1. The number of rotatable bonds is 2. The van der Waals surface area contributed by atoms with Crippen molar-refractivity contribution in [1.29, 1.82) is 0 Å². The fourth-order valence-electron chi connectivity index (χ4n) is 0.548. The molecular formula is C6H7FS. The molecule has 0 N–H and O–H groups in total. The van der Waals surface area contributed by atoms with Gasteiger partial charge in [0.1, 0.15) is 0 Å². The second-order valence-electron chi connectivity index (χ2n) is 1.52. The van der Waals surface area contributed by atoms with E-state index in [1.165, 1.54) is 0 Å². The third kappa shape index (κ3) is 1.30. The number of hydrogen-bond donors (Lipinski definition) is 0. The Bertz CT molecular complexity index is 134. The van der Waals surface area contributed by atoms with Crippen LogP contribution in [0.4, 0.5) is 4.39 Å². The van der Waals surface area contributed by atoms with Crippen molar-refractivity contribution in [1.82, 2.24) is 0 Å². The largest absolute Gasteiger partial charge is 0.251 e. The molecule has 0 saturated carbocycles. The first-order valence-corrected chi connectivity index (χ1v) is 3.40. The molecule has 0 spiro atoms. The van der Waals surface area contributed by atoms with Gasteiger partial charge in [0.05, 0.1) is 6.67 Å². The molecule has 1 heterocycles. The summed E-state index contributed by atoms with van der Waals surface area (Å²) in [4.78, 5) is 1.13. The first-order valence-electron chi connectivity index (χ1n) is 2.52. The number of aryl methyl sites for hydroxylation is 1. The fraction of sp³-hybridized carbons (Fsp3) is 0.333. The van der Waals surface area contributed by atoms with E-state index in [4.69, 9.17) is 0 Å². The maximum atomic E-state index is 11.6. The smallest absolute Gasteiger partial charge is 0.0942 e. The highest BCUT2D eigenvalue weighted by Crippen LogP contribution is 2.08. The van der Waals surface area contributed by atoms with Crippen LogP contribution < -0.4 is 0 Å². The summed E-state index contributed by atoms with van der Waals surface area (Å²) in [5, 5.41) is 1.96. The standard InChI is InChI=1S/C6H7FS/c7-4-3-6-2-1-5-8-6/h1-2,5H,3-4H2. The molecule has 1 aromatic heterocycles. The normalized spacial score (nSPS) is 9.62. The molecule has 2 heteroatoms. The highest BCUT2D eigenvalue weighted by molar-refractivity contribution is 7.09. The number of halogens is 1. The minimum absolute atomic E-state index is 0.236. The van der Waals surface area contributed by atoms with Crippen LogP contribution in [0.3, 0.4) is 0 Å². The Kier molecular flexibility index (Phi) is 2.03. The first kappa shape index (κ1) is 5.76. The molecule has 0 fully saturated rings. The summed E-state index contributed by atoms with van der Waals surface area (Å²) in [7, 11) is 0. The van der Waals surface area contributed by atoms with Crippen LogP contribution in [0.25, 0.3) is 0 Å². The zero-order valence-electron chi connectivity index (χ0n) is 4.43. The quantitative estimate of drug-likeness (QED) is 0.576. The molecule has 0 bridgehead atoms. The van der Waals surface area contributed by atoms with Crippen molar-refractivity contribution in [2.75, 3.05) is 6.67 Å². The Morgan fingerprint density at radius 3 is 3.00 bits per heavy atom. The van der Waals surface area contributed by atoms with Crippen molar-refractivity contribution in [3.8, 4) is 0 Å². The molecule has 0 saturated heterocycles. The predicted octanol–water partition coefficient (Wildman–Crippen LogP) is 2.26. The van der Waals surface area contributed by atoms with Crippen molar-refractivity contribution in [2.45, 2.75) is 6.42 Å². The van der Waals surface area contributed by atoms with Crippen LogP contribution in [0.15, 0.2) is 17.5 Å². The zero-order chi connectivity index (χ0) is 5.82. The molecule has 0 aliphatic rings. The maximum Gasteiger partial charge on any atom is 0.0942 e. The van der Waals surface area contributed by atoms with Gasteiger partial charge in [0.15, 0.2) is 0 Å². The van der Waals surface area contributed by atoms with Gasteiger partial charge in [-0.3, -0.25) is 4.39 Å². The van der Waals surface area contributed by atoms with E-state index in [0.29, 0.717) is 6.42 Å². The van der Waals surface area contributed by atoms with Gasteiger partial charge in [0.2, 0.25) is 0 Å². The number of thiophene rings is 1. The van der Waals surface area contributed by atoms with Gasteiger partial charge in [-0.15, -0.1) is 11.3 Å². The highest BCUT2D eigenvalue weighted by Gasteiger charge is 1.88. The fourth-order valence-corrected chi connectivity index (χ4v) is 1.23. The van der Waals surface area contributed by atoms with Crippen molar-refractivity contribution in [2.24, 2.45) is 0 Å². The van der Waals surface area contributed by atoms with E-state index in [-0.39, 0.29) is 6.67 Å². The molecule has 44 valence electrons. The summed E-state index contributed by atoms with van der Waals surface area (Å²) < 4.78 is 11.6. The van der Waals surface area contributed by atoms with Crippen LogP contribution >= 0.6 is 11.3 Å². The topological polar surface area (TPSA) is 0 Å². The molecule has 8 heavy (non-hydrogen) atoms. The lowest BCUT2D eigenvalue weighted by Gasteiger charge is -1.83.